The minimum absolute atomic E-state index is 0.364. The highest BCUT2D eigenvalue weighted by Gasteiger charge is 2.08. The Morgan fingerprint density at radius 1 is 1.08 bits per heavy atom. The molecule has 4 nitrogen and oxygen atoms in total. The fourth-order valence-electron chi connectivity index (χ4n) is 2.39. The molecule has 122 valence electrons. The van der Waals surface area contributed by atoms with Crippen LogP contribution in [0.3, 0.4) is 0 Å². The van der Waals surface area contributed by atoms with Crippen LogP contribution in [0.25, 0.3) is 11.3 Å². The lowest BCUT2D eigenvalue weighted by Crippen LogP contribution is -2.00. The van der Waals surface area contributed by atoms with Crippen molar-refractivity contribution in [2.45, 2.75) is 19.8 Å². The molecule has 0 saturated heterocycles. The second kappa shape index (κ2) is 7.01. The lowest BCUT2D eigenvalue weighted by molar-refractivity contribution is 0.866. The molecule has 0 aliphatic carbocycles. The predicted octanol–water partition coefficient (Wildman–Crippen LogP) is 4.90. The molecule has 0 spiro atoms. The highest BCUT2D eigenvalue weighted by atomic mass is 79.9. The Hall–Kier alpha value is -2.40. The second-order valence-corrected chi connectivity index (χ2v) is 6.80. The van der Waals surface area contributed by atoms with Crippen molar-refractivity contribution in [3.05, 3.63) is 70.3 Å². The molecule has 0 amide bonds. The van der Waals surface area contributed by atoms with Gasteiger partial charge in [0.05, 0.1) is 18.1 Å². The number of anilines is 1. The smallest absolute Gasteiger partial charge is 0.221 e. The third-order valence-electron chi connectivity index (χ3n) is 3.83. The minimum atomic E-state index is 0.364. The normalized spacial score (nSPS) is 11.5. The van der Waals surface area contributed by atoms with E-state index in [0.29, 0.717) is 11.9 Å². The summed E-state index contributed by atoms with van der Waals surface area (Å²) in [6.07, 6.45) is 3.53. The average Bonchev–Trinajstić information content (AvgIpc) is 2.95. The molecule has 1 aromatic heterocycles. The van der Waals surface area contributed by atoms with Crippen LogP contribution in [0.4, 0.5) is 5.95 Å². The molecule has 2 N–H and O–H groups in total. The highest BCUT2D eigenvalue weighted by molar-refractivity contribution is 9.10. The molecule has 0 fully saturated rings. The Kier molecular flexibility index (Phi) is 4.81. The predicted molar refractivity (Wildman–Crippen MR) is 103 cm³/mol. The molecule has 0 unspecified atom stereocenters. The van der Waals surface area contributed by atoms with E-state index in [2.05, 4.69) is 64.1 Å². The van der Waals surface area contributed by atoms with E-state index < -0.39 is 0 Å². The van der Waals surface area contributed by atoms with Gasteiger partial charge in [-0.05, 0) is 29.2 Å². The summed E-state index contributed by atoms with van der Waals surface area (Å²) in [6, 6.07) is 16.3. The Morgan fingerprint density at radius 2 is 1.75 bits per heavy atom. The number of benzene rings is 2. The number of halogens is 1. The van der Waals surface area contributed by atoms with Gasteiger partial charge >= 0.3 is 0 Å². The first kappa shape index (κ1) is 16.5. The Labute approximate surface area is 150 Å². The fourth-order valence-corrected chi connectivity index (χ4v) is 2.65. The summed E-state index contributed by atoms with van der Waals surface area (Å²) in [5.41, 5.74) is 10.2. The molecule has 0 bridgehead atoms. The minimum Gasteiger partial charge on any atom is -0.368 e. The van der Waals surface area contributed by atoms with Crippen LogP contribution in [0.2, 0.25) is 0 Å². The summed E-state index contributed by atoms with van der Waals surface area (Å²) < 4.78 is 2.68. The molecule has 2 aromatic carbocycles. The van der Waals surface area contributed by atoms with Gasteiger partial charge in [-0.25, -0.2) is 4.98 Å². The molecular formula is C19H19BrN4. The van der Waals surface area contributed by atoms with Gasteiger partial charge in [-0.3, -0.25) is 0 Å². The summed E-state index contributed by atoms with van der Waals surface area (Å²) in [4.78, 5) is 4.18. The first-order chi connectivity index (χ1) is 11.5. The maximum atomic E-state index is 5.97. The number of rotatable bonds is 4. The number of aromatic nitrogens is 2. The van der Waals surface area contributed by atoms with Crippen LogP contribution in [-0.2, 0) is 0 Å². The number of nitrogens with zero attached hydrogens (tertiary/aromatic N) is 3. The van der Waals surface area contributed by atoms with Crippen molar-refractivity contribution in [3.63, 3.8) is 0 Å². The molecule has 0 radical (unpaired) electrons. The van der Waals surface area contributed by atoms with E-state index >= 15 is 0 Å². The molecule has 5 heteroatoms. The molecule has 0 saturated carbocycles. The number of nitrogens with two attached hydrogens (primary N) is 1. The maximum Gasteiger partial charge on any atom is 0.221 e. The third-order valence-corrected chi connectivity index (χ3v) is 4.36. The van der Waals surface area contributed by atoms with E-state index in [1.54, 1.807) is 17.1 Å². The number of imidazole rings is 1. The van der Waals surface area contributed by atoms with Crippen molar-refractivity contribution in [2.24, 2.45) is 5.10 Å². The Morgan fingerprint density at radius 3 is 2.38 bits per heavy atom. The standard InChI is InChI=1S/C19H19BrN4/c1-13(2)15-5-3-14(4-6-15)11-23-24-18(12-22-19(24)21)16-7-9-17(20)10-8-16/h3-13H,1-2H3,(H2,21,22). The van der Waals surface area contributed by atoms with Gasteiger partial charge in [-0.2, -0.15) is 9.78 Å². The van der Waals surface area contributed by atoms with Gasteiger partial charge in [-0.15, -0.1) is 0 Å². The zero-order valence-corrected chi connectivity index (χ0v) is 15.2. The first-order valence-corrected chi connectivity index (χ1v) is 8.57. The van der Waals surface area contributed by atoms with E-state index in [4.69, 9.17) is 5.73 Å². The summed E-state index contributed by atoms with van der Waals surface area (Å²) >= 11 is 3.44. The zero-order chi connectivity index (χ0) is 17.1. The van der Waals surface area contributed by atoms with Crippen LogP contribution in [0.5, 0.6) is 0 Å². The molecule has 0 aliphatic heterocycles. The van der Waals surface area contributed by atoms with Crippen molar-refractivity contribution < 1.29 is 0 Å². The number of hydrogen-bond acceptors (Lipinski definition) is 3. The van der Waals surface area contributed by atoms with Gasteiger partial charge < -0.3 is 5.73 Å². The van der Waals surface area contributed by atoms with Crippen LogP contribution in [0, 0.1) is 0 Å². The topological polar surface area (TPSA) is 56.2 Å². The monoisotopic (exact) mass is 382 g/mol. The van der Waals surface area contributed by atoms with Crippen molar-refractivity contribution in [3.8, 4) is 11.3 Å². The fraction of sp³-hybridized carbons (Fsp3) is 0.158. The van der Waals surface area contributed by atoms with Crippen molar-refractivity contribution in [1.82, 2.24) is 9.66 Å². The van der Waals surface area contributed by atoms with Crippen molar-refractivity contribution in [1.29, 1.82) is 0 Å². The number of hydrogen-bond donors (Lipinski definition) is 1. The molecular weight excluding hydrogens is 364 g/mol. The quantitative estimate of drug-likeness (QED) is 0.652. The van der Waals surface area contributed by atoms with E-state index in [1.165, 1.54) is 5.56 Å². The van der Waals surface area contributed by atoms with Crippen LogP contribution in [-0.4, -0.2) is 15.9 Å². The molecule has 1 heterocycles. The van der Waals surface area contributed by atoms with Crippen LogP contribution >= 0.6 is 15.9 Å². The zero-order valence-electron chi connectivity index (χ0n) is 13.6. The molecule has 3 rings (SSSR count). The average molecular weight is 383 g/mol. The van der Waals surface area contributed by atoms with Gasteiger partial charge in [0, 0.05) is 10.0 Å². The van der Waals surface area contributed by atoms with Crippen molar-refractivity contribution in [2.75, 3.05) is 5.73 Å². The highest BCUT2D eigenvalue weighted by Crippen LogP contribution is 2.24. The van der Waals surface area contributed by atoms with Crippen LogP contribution < -0.4 is 5.73 Å². The van der Waals surface area contributed by atoms with E-state index in [9.17, 15) is 0 Å². The van der Waals surface area contributed by atoms with Crippen molar-refractivity contribution >= 4 is 28.1 Å². The number of nitrogen functional groups attached to an aromatic ring is 1. The van der Waals surface area contributed by atoms with E-state index in [-0.39, 0.29) is 0 Å². The second-order valence-electron chi connectivity index (χ2n) is 5.89. The molecule has 0 aliphatic rings. The SMILES string of the molecule is CC(C)c1ccc(C=Nn2c(-c3ccc(Br)cc3)cnc2N)cc1. The van der Waals surface area contributed by atoms with E-state index in [1.807, 2.05) is 24.3 Å². The third kappa shape index (κ3) is 3.57. The summed E-state index contributed by atoms with van der Waals surface area (Å²) in [6.45, 7) is 4.36. The van der Waals surface area contributed by atoms with E-state index in [0.717, 1.165) is 21.3 Å². The molecule has 24 heavy (non-hydrogen) atoms. The molecule has 0 atom stereocenters. The van der Waals surface area contributed by atoms with Gasteiger partial charge in [0.15, 0.2) is 0 Å². The summed E-state index contributed by atoms with van der Waals surface area (Å²) in [5, 5.41) is 4.50. The Balaban J connectivity index is 1.89. The van der Waals surface area contributed by atoms with Gasteiger partial charge in [0.2, 0.25) is 5.95 Å². The van der Waals surface area contributed by atoms with Crippen LogP contribution in [0.15, 0.2) is 64.3 Å². The molecule has 3 aromatic rings. The maximum absolute atomic E-state index is 5.97. The largest absolute Gasteiger partial charge is 0.368 e. The lowest BCUT2D eigenvalue weighted by atomic mass is 10.0. The van der Waals surface area contributed by atoms with Crippen LogP contribution in [0.1, 0.15) is 30.9 Å². The van der Waals surface area contributed by atoms with Gasteiger partial charge in [0.25, 0.3) is 0 Å². The first-order valence-electron chi connectivity index (χ1n) is 7.78. The lowest BCUT2D eigenvalue weighted by Gasteiger charge is -2.06. The summed E-state index contributed by atoms with van der Waals surface area (Å²) in [7, 11) is 0. The van der Waals surface area contributed by atoms with Gasteiger partial charge in [0.1, 0.15) is 0 Å². The Bertz CT molecular complexity index is 846. The summed E-state index contributed by atoms with van der Waals surface area (Å²) in [5.74, 6) is 0.882. The van der Waals surface area contributed by atoms with Gasteiger partial charge in [-0.1, -0.05) is 66.2 Å².